The first-order valence-corrected chi connectivity index (χ1v) is 0.612. The van der Waals surface area contributed by atoms with E-state index < -0.39 is 0 Å². The molecule has 6 radical (unpaired) electrons. The van der Waals surface area contributed by atoms with Crippen LogP contribution in [0.25, 0.3) is 0 Å². The van der Waals surface area contributed by atoms with Crippen molar-refractivity contribution in [2.75, 3.05) is 0 Å². The summed E-state index contributed by atoms with van der Waals surface area (Å²) in [4.78, 5) is 0. The van der Waals surface area contributed by atoms with E-state index in [1.807, 2.05) is 0 Å². The first-order valence-electron chi connectivity index (χ1n) is 0.204. The Bertz CT molecular complexity index is 8.00. The van der Waals surface area contributed by atoms with E-state index in [2.05, 4.69) is 0 Å². The molecule has 0 fully saturated rings. The first kappa shape index (κ1) is 22.5. The Morgan fingerprint density at radius 2 is 1.25 bits per heavy atom. The van der Waals surface area contributed by atoms with Gasteiger partial charge >= 0.3 is 10.1 Å². The molecule has 0 aromatic rings. The fourth-order valence-electron chi connectivity index (χ4n) is 0. The van der Waals surface area contributed by atoms with E-state index in [9.17, 15) is 0 Å². The molecule has 1 nitrogen and oxygen atoms in total. The van der Waals surface area contributed by atoms with E-state index in [0.717, 1.165) is 0 Å². The molecular weight excluding hydrogens is 61.8 g/mol. The van der Waals surface area contributed by atoms with Crippen molar-refractivity contribution in [3.8, 4) is 0 Å². The molecule has 0 aromatic carbocycles. The summed E-state index contributed by atoms with van der Waals surface area (Å²) in [6, 6.07) is 0. The maximum absolute atomic E-state index is 8.06. The van der Waals surface area contributed by atoms with E-state index in [-0.39, 0.29) is 27.3 Å². The molecule has 0 N–H and O–H groups in total. The van der Waals surface area contributed by atoms with Crippen LogP contribution in [0, 0.1) is 0 Å². The zero-order valence-electron chi connectivity index (χ0n) is 2.49. The zero-order chi connectivity index (χ0) is 2.00. The smallest absolute Gasteiger partial charge is 0.381 e. The molecule has 4 heavy (non-hydrogen) atoms. The standard InChI is InChI=1S/B.Li.OSi/c;;1-2. The summed E-state index contributed by atoms with van der Waals surface area (Å²) < 4.78 is 8.06. The number of rotatable bonds is 0. The van der Waals surface area contributed by atoms with Gasteiger partial charge in [0.05, 0.1) is 0 Å². The van der Waals surface area contributed by atoms with E-state index in [4.69, 9.17) is 4.46 Å². The monoisotopic (exact) mass is 62.0 g/mol. The Morgan fingerprint density at radius 3 is 1.25 bits per heavy atom. The second-order valence-electron chi connectivity index (χ2n) is 0. The third-order valence-corrected chi connectivity index (χ3v) is 0. The minimum absolute atomic E-state index is 0. The van der Waals surface area contributed by atoms with Crippen LogP contribution in [0.2, 0.25) is 0 Å². The van der Waals surface area contributed by atoms with Gasteiger partial charge in [-0.15, -0.1) is 0 Å². The van der Waals surface area contributed by atoms with Crippen LogP contribution in [0.5, 0.6) is 0 Å². The van der Waals surface area contributed by atoms with Crippen LogP contribution in [0.1, 0.15) is 0 Å². The topological polar surface area (TPSA) is 17.1 Å². The summed E-state index contributed by atoms with van der Waals surface area (Å²) in [6.45, 7) is 0. The minimum Gasteiger partial charge on any atom is -0.381 e. The van der Waals surface area contributed by atoms with Crippen LogP contribution in [0.4, 0.5) is 0 Å². The van der Waals surface area contributed by atoms with E-state index in [0.29, 0.717) is 0 Å². The van der Waals surface area contributed by atoms with E-state index in [1.54, 1.807) is 10.1 Å². The fraction of sp³-hybridized carbons (Fsp3) is 0. The predicted octanol–water partition coefficient (Wildman–Crippen LogP) is -1.26. The Hall–Kier alpha value is 0.679. The van der Waals surface area contributed by atoms with Gasteiger partial charge in [-0.2, -0.15) is 0 Å². The van der Waals surface area contributed by atoms with Crippen molar-refractivity contribution in [3.05, 3.63) is 0 Å². The molecule has 0 aliphatic carbocycles. The average Bonchev–Trinajstić information content (AvgIpc) is 1.00. The second kappa shape index (κ2) is 57.2. The minimum atomic E-state index is 0. The van der Waals surface area contributed by atoms with Crippen LogP contribution in [-0.2, 0) is 4.46 Å². The summed E-state index contributed by atoms with van der Waals surface area (Å²) in [7, 11) is 1.72. The molecule has 0 heterocycles. The Kier molecular flexibility index (Phi) is 321. The molecule has 0 saturated carbocycles. The van der Waals surface area contributed by atoms with Crippen molar-refractivity contribution < 1.29 is 4.46 Å². The Balaban J connectivity index is -0.00000000500. The third kappa shape index (κ3) is 16.4. The van der Waals surface area contributed by atoms with Gasteiger partial charge in [0.25, 0.3) is 0 Å². The summed E-state index contributed by atoms with van der Waals surface area (Å²) in [5, 5.41) is 0. The average molecular weight is 61.8 g/mol. The molecule has 0 aromatic heterocycles. The van der Waals surface area contributed by atoms with E-state index in [1.165, 1.54) is 0 Å². The van der Waals surface area contributed by atoms with Crippen molar-refractivity contribution in [1.82, 2.24) is 0 Å². The van der Waals surface area contributed by atoms with Gasteiger partial charge in [0, 0.05) is 27.3 Å². The number of hydrogen-bond acceptors (Lipinski definition) is 1. The molecule has 0 rings (SSSR count). The molecule has 14 valence electrons. The van der Waals surface area contributed by atoms with Gasteiger partial charge in [-0.05, 0) is 0 Å². The molecule has 0 aliphatic heterocycles. The van der Waals surface area contributed by atoms with Crippen LogP contribution >= 0.6 is 0 Å². The fourth-order valence-corrected chi connectivity index (χ4v) is 0. The maximum atomic E-state index is 8.06. The van der Waals surface area contributed by atoms with Crippen LogP contribution < -0.4 is 0 Å². The molecule has 0 bridgehead atoms. The molecule has 0 saturated heterocycles. The molecule has 0 unspecified atom stereocenters. The molecule has 0 atom stereocenters. The van der Waals surface area contributed by atoms with Crippen molar-refractivity contribution in [2.24, 2.45) is 0 Å². The summed E-state index contributed by atoms with van der Waals surface area (Å²) in [5.41, 5.74) is 0. The molecule has 4 heteroatoms. The normalized spacial score (nSPS) is 1.00. The van der Waals surface area contributed by atoms with Gasteiger partial charge in [0.1, 0.15) is 0 Å². The second-order valence-corrected chi connectivity index (χ2v) is 0. The number of hydrogen-bond donors (Lipinski definition) is 0. The van der Waals surface area contributed by atoms with Crippen molar-refractivity contribution in [3.63, 3.8) is 0 Å². The molecule has 0 amide bonds. The van der Waals surface area contributed by atoms with Gasteiger partial charge in [0.2, 0.25) is 0 Å². The summed E-state index contributed by atoms with van der Waals surface area (Å²) in [6.07, 6.45) is 0. The summed E-state index contributed by atoms with van der Waals surface area (Å²) >= 11 is 0. The van der Waals surface area contributed by atoms with Gasteiger partial charge in [-0.1, -0.05) is 0 Å². The van der Waals surface area contributed by atoms with Gasteiger partial charge in [-0.3, -0.25) is 0 Å². The first-order chi connectivity index (χ1) is 1.00. The molecule has 0 spiro atoms. The molecular formula is BLiOSi. The van der Waals surface area contributed by atoms with Crippen molar-refractivity contribution in [2.45, 2.75) is 0 Å². The van der Waals surface area contributed by atoms with Crippen molar-refractivity contribution in [1.29, 1.82) is 0 Å². The summed E-state index contributed by atoms with van der Waals surface area (Å²) in [5.74, 6) is 0. The Morgan fingerprint density at radius 1 is 1.25 bits per heavy atom. The third-order valence-electron chi connectivity index (χ3n) is 0. The quantitative estimate of drug-likeness (QED) is 0.320. The SMILES string of the molecule is O=[Si].[B].[Li]. The van der Waals surface area contributed by atoms with Gasteiger partial charge < -0.3 is 4.46 Å². The Labute approximate surface area is 42.4 Å². The van der Waals surface area contributed by atoms with Gasteiger partial charge in [0.15, 0.2) is 0 Å². The van der Waals surface area contributed by atoms with Crippen LogP contribution in [0.15, 0.2) is 0 Å². The molecule has 0 aliphatic rings. The van der Waals surface area contributed by atoms with Crippen LogP contribution in [0.3, 0.4) is 0 Å². The van der Waals surface area contributed by atoms with Crippen molar-refractivity contribution >= 4 is 37.4 Å². The maximum Gasteiger partial charge on any atom is 0.381 e. The van der Waals surface area contributed by atoms with Crippen LogP contribution in [-0.4, -0.2) is 37.4 Å². The largest absolute Gasteiger partial charge is 0.381 e. The zero-order valence-corrected chi connectivity index (χ0v) is 3.49. The van der Waals surface area contributed by atoms with E-state index >= 15 is 0 Å². The predicted molar refractivity (Wildman–Crippen MR) is 17.9 cm³/mol. The van der Waals surface area contributed by atoms with Gasteiger partial charge in [-0.25, -0.2) is 0 Å².